The minimum atomic E-state index is -0.196. The fraction of sp³-hybridized carbons (Fsp3) is 1.00. The number of hydrogen-bond acceptors (Lipinski definition) is 4. The minimum Gasteiger partial charge on any atom is -0.396 e. The molecule has 19 heavy (non-hydrogen) atoms. The molecular weight excluding hydrogens is 244 g/mol. The van der Waals surface area contributed by atoms with E-state index in [1.165, 1.54) is 0 Å². The molecule has 0 spiro atoms. The molecule has 0 aromatic rings. The lowest BCUT2D eigenvalue weighted by Gasteiger charge is -2.54. The Morgan fingerprint density at radius 2 is 2.11 bits per heavy atom. The molecule has 0 aromatic carbocycles. The standard InChI is InChI=1S/C15H28O4/c1-11-9-15(6-7-16)12(8-13(11)17)4-3-5-14(15)19-10-18-2/h11-14,16-17H,3-10H2,1-2H3/t11-,12+,13-,14-,15-/m0/s1. The Morgan fingerprint density at radius 1 is 1.32 bits per heavy atom. The number of ether oxygens (including phenoxy) is 2. The van der Waals surface area contributed by atoms with Crippen molar-refractivity contribution in [2.24, 2.45) is 17.3 Å². The first-order valence-corrected chi connectivity index (χ1v) is 7.53. The van der Waals surface area contributed by atoms with Gasteiger partial charge in [-0.05, 0) is 43.9 Å². The number of fused-ring (bicyclic) bond motifs is 1. The van der Waals surface area contributed by atoms with E-state index in [4.69, 9.17) is 9.47 Å². The molecular formula is C15H28O4. The molecule has 0 bridgehead atoms. The first-order chi connectivity index (χ1) is 9.14. The molecule has 0 unspecified atom stereocenters. The topological polar surface area (TPSA) is 58.9 Å². The fourth-order valence-corrected chi connectivity index (χ4v) is 4.37. The third kappa shape index (κ3) is 2.97. The van der Waals surface area contributed by atoms with E-state index in [0.717, 1.165) is 38.5 Å². The average molecular weight is 272 g/mol. The van der Waals surface area contributed by atoms with Gasteiger partial charge in [0.05, 0.1) is 12.2 Å². The van der Waals surface area contributed by atoms with Gasteiger partial charge in [0, 0.05) is 19.1 Å². The molecule has 2 aliphatic rings. The van der Waals surface area contributed by atoms with Gasteiger partial charge in [-0.2, -0.15) is 0 Å². The summed E-state index contributed by atoms with van der Waals surface area (Å²) < 4.78 is 11.0. The summed E-state index contributed by atoms with van der Waals surface area (Å²) in [6, 6.07) is 0. The summed E-state index contributed by atoms with van der Waals surface area (Å²) in [4.78, 5) is 0. The van der Waals surface area contributed by atoms with E-state index in [0.29, 0.717) is 12.7 Å². The average Bonchev–Trinajstić information content (AvgIpc) is 2.39. The van der Waals surface area contributed by atoms with Crippen LogP contribution >= 0.6 is 0 Å². The van der Waals surface area contributed by atoms with Gasteiger partial charge in [-0.3, -0.25) is 0 Å². The molecule has 0 amide bonds. The largest absolute Gasteiger partial charge is 0.396 e. The summed E-state index contributed by atoms with van der Waals surface area (Å²) in [5.74, 6) is 0.760. The Balaban J connectivity index is 2.18. The molecule has 2 fully saturated rings. The monoisotopic (exact) mass is 272 g/mol. The van der Waals surface area contributed by atoms with Crippen molar-refractivity contribution in [1.82, 2.24) is 0 Å². The molecule has 4 heteroatoms. The number of methoxy groups -OCH3 is 1. The van der Waals surface area contributed by atoms with Crippen LogP contribution in [0.5, 0.6) is 0 Å². The van der Waals surface area contributed by atoms with Crippen molar-refractivity contribution in [3.05, 3.63) is 0 Å². The maximum Gasteiger partial charge on any atom is 0.146 e. The van der Waals surface area contributed by atoms with E-state index < -0.39 is 0 Å². The van der Waals surface area contributed by atoms with Gasteiger partial charge in [-0.15, -0.1) is 0 Å². The van der Waals surface area contributed by atoms with Crippen LogP contribution in [0.2, 0.25) is 0 Å². The Hall–Kier alpha value is -0.160. The summed E-state index contributed by atoms with van der Waals surface area (Å²) in [5.41, 5.74) is 0.0319. The van der Waals surface area contributed by atoms with Gasteiger partial charge < -0.3 is 19.7 Å². The normalized spacial score (nSPS) is 42.9. The van der Waals surface area contributed by atoms with Gasteiger partial charge in [0.2, 0.25) is 0 Å². The van der Waals surface area contributed by atoms with Crippen LogP contribution in [0.3, 0.4) is 0 Å². The highest BCUT2D eigenvalue weighted by Crippen LogP contribution is 2.55. The molecule has 2 saturated carbocycles. The molecule has 5 atom stereocenters. The number of aliphatic hydroxyl groups excluding tert-OH is 2. The third-order valence-electron chi connectivity index (χ3n) is 5.32. The predicted octanol–water partition coefficient (Wildman–Crippen LogP) is 1.94. The van der Waals surface area contributed by atoms with Crippen LogP contribution in [0.4, 0.5) is 0 Å². The first kappa shape index (κ1) is 15.2. The molecule has 2 N–H and O–H groups in total. The SMILES string of the molecule is COCO[C@H]1CCC[C@@H]2C[C@H](O)[C@@H](C)C[C@@]21CCO. The second-order valence-electron chi connectivity index (χ2n) is 6.38. The summed E-state index contributed by atoms with van der Waals surface area (Å²) in [6.07, 6.45) is 5.89. The molecule has 112 valence electrons. The minimum absolute atomic E-state index is 0.0319. The maximum atomic E-state index is 10.1. The van der Waals surface area contributed by atoms with Crippen LogP contribution < -0.4 is 0 Å². The molecule has 2 aliphatic carbocycles. The number of aliphatic hydroxyl groups is 2. The molecule has 0 heterocycles. The van der Waals surface area contributed by atoms with Gasteiger partial charge in [-0.25, -0.2) is 0 Å². The molecule has 0 aromatic heterocycles. The fourth-order valence-electron chi connectivity index (χ4n) is 4.37. The highest BCUT2D eigenvalue weighted by Gasteiger charge is 2.52. The van der Waals surface area contributed by atoms with Gasteiger partial charge in [0.25, 0.3) is 0 Å². The summed E-state index contributed by atoms with van der Waals surface area (Å²) >= 11 is 0. The summed E-state index contributed by atoms with van der Waals surface area (Å²) in [7, 11) is 1.65. The van der Waals surface area contributed by atoms with Gasteiger partial charge in [0.15, 0.2) is 0 Å². The van der Waals surface area contributed by atoms with Crippen LogP contribution in [-0.4, -0.2) is 42.9 Å². The lowest BCUT2D eigenvalue weighted by molar-refractivity contribution is -0.185. The lowest BCUT2D eigenvalue weighted by atomic mass is 9.54. The van der Waals surface area contributed by atoms with Crippen LogP contribution in [0.25, 0.3) is 0 Å². The van der Waals surface area contributed by atoms with Gasteiger partial charge >= 0.3 is 0 Å². The smallest absolute Gasteiger partial charge is 0.146 e. The van der Waals surface area contributed by atoms with Crippen molar-refractivity contribution in [3.63, 3.8) is 0 Å². The summed E-state index contributed by atoms with van der Waals surface area (Å²) in [5, 5.41) is 19.6. The number of hydrogen-bond donors (Lipinski definition) is 2. The molecule has 0 saturated heterocycles. The van der Waals surface area contributed by atoms with Crippen LogP contribution in [0.1, 0.15) is 45.4 Å². The van der Waals surface area contributed by atoms with E-state index in [1.807, 2.05) is 0 Å². The molecule has 0 radical (unpaired) electrons. The third-order valence-corrected chi connectivity index (χ3v) is 5.32. The lowest BCUT2D eigenvalue weighted by Crippen LogP contribution is -2.53. The predicted molar refractivity (Wildman–Crippen MR) is 72.6 cm³/mol. The maximum absolute atomic E-state index is 10.1. The van der Waals surface area contributed by atoms with Gasteiger partial charge in [-0.1, -0.05) is 13.3 Å². The second-order valence-corrected chi connectivity index (χ2v) is 6.38. The highest BCUT2D eigenvalue weighted by molar-refractivity contribution is 5.01. The Labute approximate surface area is 116 Å². The van der Waals surface area contributed by atoms with Crippen LogP contribution in [0.15, 0.2) is 0 Å². The second kappa shape index (κ2) is 6.53. The molecule has 0 aliphatic heterocycles. The van der Waals surface area contributed by atoms with Crippen molar-refractivity contribution >= 4 is 0 Å². The van der Waals surface area contributed by atoms with Gasteiger partial charge in [0.1, 0.15) is 6.79 Å². The zero-order valence-electron chi connectivity index (χ0n) is 12.2. The van der Waals surface area contributed by atoms with Crippen molar-refractivity contribution in [2.75, 3.05) is 20.5 Å². The quantitative estimate of drug-likeness (QED) is 0.751. The first-order valence-electron chi connectivity index (χ1n) is 7.53. The summed E-state index contributed by atoms with van der Waals surface area (Å²) in [6.45, 7) is 2.63. The Bertz CT molecular complexity index is 283. The zero-order valence-corrected chi connectivity index (χ0v) is 12.2. The zero-order chi connectivity index (χ0) is 13.9. The van der Waals surface area contributed by atoms with Crippen molar-refractivity contribution < 1.29 is 19.7 Å². The van der Waals surface area contributed by atoms with E-state index in [2.05, 4.69) is 6.92 Å². The molecule has 4 nitrogen and oxygen atoms in total. The van der Waals surface area contributed by atoms with Crippen LogP contribution in [0, 0.1) is 17.3 Å². The number of rotatable bonds is 5. The highest BCUT2D eigenvalue weighted by atomic mass is 16.7. The molecule has 2 rings (SSSR count). The van der Waals surface area contributed by atoms with Crippen molar-refractivity contribution in [1.29, 1.82) is 0 Å². The van der Waals surface area contributed by atoms with E-state index in [-0.39, 0.29) is 30.1 Å². The van der Waals surface area contributed by atoms with Crippen molar-refractivity contribution in [2.45, 2.75) is 57.7 Å². The Kier molecular flexibility index (Phi) is 5.23. The Morgan fingerprint density at radius 3 is 2.79 bits per heavy atom. The van der Waals surface area contributed by atoms with Crippen molar-refractivity contribution in [3.8, 4) is 0 Å². The van der Waals surface area contributed by atoms with Crippen LogP contribution in [-0.2, 0) is 9.47 Å². The van der Waals surface area contributed by atoms with E-state index >= 15 is 0 Å². The van der Waals surface area contributed by atoms with E-state index in [9.17, 15) is 10.2 Å². The van der Waals surface area contributed by atoms with E-state index in [1.54, 1.807) is 7.11 Å².